The minimum atomic E-state index is -2.02. The highest BCUT2D eigenvalue weighted by Gasteiger charge is 2.46. The van der Waals surface area contributed by atoms with E-state index in [0.717, 1.165) is 27.6 Å². The number of carbonyl (C=O) groups excluding carboxylic acids is 5. The number of fused-ring (bicyclic) bond motifs is 5. The molecule has 304 valence electrons. The molecule has 2 aromatic heterocycles. The molecule has 4 aromatic rings. The number of aromatic nitrogens is 2. The summed E-state index contributed by atoms with van der Waals surface area (Å²) in [6.45, 7) is 2.19. The molecule has 4 heterocycles. The Balaban J connectivity index is 1.20. The van der Waals surface area contributed by atoms with Crippen molar-refractivity contribution in [3.8, 4) is 11.4 Å². The van der Waals surface area contributed by atoms with Gasteiger partial charge in [0, 0.05) is 48.1 Å². The lowest BCUT2D eigenvalue weighted by Crippen LogP contribution is -2.54. The highest BCUT2D eigenvalue weighted by atomic mass is 19.1. The van der Waals surface area contributed by atoms with Crippen LogP contribution < -0.4 is 33.0 Å². The number of aliphatic hydroxyl groups is 1. The average molecular weight is 797 g/mol. The van der Waals surface area contributed by atoms with Gasteiger partial charge < -0.3 is 46.7 Å². The molecule has 1 aliphatic carbocycles. The number of nitrogens with two attached hydrogens (primary N) is 2. The quantitative estimate of drug-likeness (QED) is 0.0831. The van der Waals surface area contributed by atoms with Gasteiger partial charge in [-0.1, -0.05) is 37.3 Å². The normalized spacial score (nSPS) is 18.1. The fourth-order valence-electron chi connectivity index (χ4n) is 8.35. The third kappa shape index (κ3) is 7.31. The Morgan fingerprint density at radius 2 is 1.88 bits per heavy atom. The average Bonchev–Trinajstić information content (AvgIpc) is 3.58. The highest BCUT2D eigenvalue weighted by molar-refractivity contribution is 5.94. The molecular formula is C41H45FN8O8. The van der Waals surface area contributed by atoms with Crippen LogP contribution in [0.15, 0.2) is 47.3 Å². The van der Waals surface area contributed by atoms with Gasteiger partial charge in [0.2, 0.25) is 23.6 Å². The maximum Gasteiger partial charge on any atom is 0.343 e. The number of ether oxygens (including phenoxy) is 1. The number of hydrogen-bond acceptors (Lipinski definition) is 11. The fraction of sp³-hybridized carbons (Fsp3) is 0.390. The summed E-state index contributed by atoms with van der Waals surface area (Å²) in [4.78, 5) is 83.9. The molecule has 4 amide bonds. The van der Waals surface area contributed by atoms with Gasteiger partial charge in [0.15, 0.2) is 5.60 Å². The van der Waals surface area contributed by atoms with Gasteiger partial charge in [-0.2, -0.15) is 0 Å². The molecule has 0 spiro atoms. The number of halogens is 1. The topological polar surface area (TPSA) is 241 Å². The third-order valence-electron chi connectivity index (χ3n) is 11.4. The van der Waals surface area contributed by atoms with E-state index in [9.17, 15) is 33.9 Å². The van der Waals surface area contributed by atoms with E-state index in [-0.39, 0.29) is 62.8 Å². The van der Waals surface area contributed by atoms with Crippen LogP contribution >= 0.6 is 0 Å². The summed E-state index contributed by atoms with van der Waals surface area (Å²) in [6, 6.07) is 10.5. The second kappa shape index (κ2) is 16.1. The van der Waals surface area contributed by atoms with Crippen LogP contribution in [0.25, 0.3) is 22.3 Å². The number of cyclic esters (lactones) is 1. The monoisotopic (exact) mass is 796 g/mol. The maximum absolute atomic E-state index is 15.4. The molecule has 0 unspecified atom stereocenters. The molecule has 17 heteroatoms. The van der Waals surface area contributed by atoms with Crippen molar-refractivity contribution in [3.05, 3.63) is 97.6 Å². The number of hydrogen-bond donors (Lipinski definition) is 6. The Kier molecular flexibility index (Phi) is 11.1. The van der Waals surface area contributed by atoms with Crippen molar-refractivity contribution in [2.24, 2.45) is 11.5 Å². The van der Waals surface area contributed by atoms with E-state index >= 15 is 4.39 Å². The number of carbonyl (C=O) groups is 5. The van der Waals surface area contributed by atoms with E-state index in [1.807, 2.05) is 6.07 Å². The van der Waals surface area contributed by atoms with Crippen molar-refractivity contribution in [2.75, 3.05) is 32.7 Å². The first kappa shape index (κ1) is 40.2. The van der Waals surface area contributed by atoms with E-state index < -0.39 is 65.7 Å². The Hall–Kier alpha value is -6.04. The van der Waals surface area contributed by atoms with Crippen LogP contribution in [0.4, 0.5) is 4.39 Å². The fourth-order valence-corrected chi connectivity index (χ4v) is 8.35. The molecule has 8 N–H and O–H groups in total. The first-order chi connectivity index (χ1) is 27.7. The second-order valence-corrected chi connectivity index (χ2v) is 14.9. The van der Waals surface area contributed by atoms with E-state index in [2.05, 4.69) is 16.0 Å². The van der Waals surface area contributed by atoms with Crippen LogP contribution in [0.2, 0.25) is 0 Å². The van der Waals surface area contributed by atoms with Crippen molar-refractivity contribution in [1.29, 1.82) is 0 Å². The second-order valence-electron chi connectivity index (χ2n) is 14.9. The van der Waals surface area contributed by atoms with Crippen LogP contribution in [0.3, 0.4) is 0 Å². The van der Waals surface area contributed by atoms with Gasteiger partial charge in [0.25, 0.3) is 5.56 Å². The van der Waals surface area contributed by atoms with Crippen molar-refractivity contribution < 1.29 is 38.2 Å². The summed E-state index contributed by atoms with van der Waals surface area (Å²) in [6.07, 6.45) is 1.10. The van der Waals surface area contributed by atoms with Crippen molar-refractivity contribution in [3.63, 3.8) is 0 Å². The number of rotatable bonds is 14. The molecule has 2 aliphatic heterocycles. The first-order valence-corrected chi connectivity index (χ1v) is 19.2. The van der Waals surface area contributed by atoms with Crippen molar-refractivity contribution >= 4 is 40.5 Å². The zero-order valence-corrected chi connectivity index (χ0v) is 32.2. The Bertz CT molecular complexity index is 2420. The number of pyridine rings is 2. The summed E-state index contributed by atoms with van der Waals surface area (Å²) in [7, 11) is 0. The zero-order chi connectivity index (χ0) is 41.5. The van der Waals surface area contributed by atoms with Gasteiger partial charge in [0.1, 0.15) is 18.5 Å². The number of esters is 1. The number of benzene rings is 2. The third-order valence-corrected chi connectivity index (χ3v) is 11.4. The number of amides is 4. The van der Waals surface area contributed by atoms with Gasteiger partial charge in [-0.15, -0.1) is 0 Å². The summed E-state index contributed by atoms with van der Waals surface area (Å²) in [5.74, 6) is -3.77. The number of nitrogens with zero attached hydrogens (tertiary/aromatic N) is 3. The molecule has 0 bridgehead atoms. The van der Waals surface area contributed by atoms with Crippen LogP contribution in [0, 0.1) is 12.7 Å². The molecule has 0 fully saturated rings. The molecule has 0 saturated heterocycles. The molecular weight excluding hydrogens is 751 g/mol. The zero-order valence-electron chi connectivity index (χ0n) is 32.2. The summed E-state index contributed by atoms with van der Waals surface area (Å²) in [5.41, 5.74) is 13.6. The summed E-state index contributed by atoms with van der Waals surface area (Å²) in [5, 5.41) is 20.7. The summed E-state index contributed by atoms with van der Waals surface area (Å²) >= 11 is 0. The molecule has 16 nitrogen and oxygen atoms in total. The molecule has 0 radical (unpaired) electrons. The van der Waals surface area contributed by atoms with Crippen molar-refractivity contribution in [2.45, 2.75) is 70.4 Å². The lowest BCUT2D eigenvalue weighted by atomic mass is 9.81. The number of aryl methyl sites for hydroxylation is 1. The van der Waals surface area contributed by atoms with E-state index in [1.54, 1.807) is 44.2 Å². The molecule has 3 aliphatic rings. The van der Waals surface area contributed by atoms with Crippen LogP contribution in [-0.2, 0) is 60.3 Å². The van der Waals surface area contributed by atoms with E-state index in [4.69, 9.17) is 21.2 Å². The van der Waals surface area contributed by atoms with Crippen LogP contribution in [0.1, 0.15) is 64.8 Å². The van der Waals surface area contributed by atoms with Crippen LogP contribution in [0.5, 0.6) is 0 Å². The molecule has 7 rings (SSSR count). The Labute approximate surface area is 332 Å². The first-order valence-electron chi connectivity index (χ1n) is 19.2. The van der Waals surface area contributed by atoms with Gasteiger partial charge in [-0.25, -0.2) is 14.2 Å². The SMILES string of the molecule is CC[C@@]1(O)C(=O)OCc2c1cc1n(c2=O)Cc2c-1nc1cc(F)c(C)c3c1c2[C@@H](NCCN(CC(N)=O)C(=O)[C@H](Cc1ccccc1)NC(=O)CNC(=O)CN)CC3. The lowest BCUT2D eigenvalue weighted by Gasteiger charge is -2.32. The predicted octanol–water partition coefficient (Wildman–Crippen LogP) is 0.220. The molecule has 0 saturated carbocycles. The maximum atomic E-state index is 15.4. The van der Waals surface area contributed by atoms with E-state index in [0.29, 0.717) is 35.3 Å². The van der Waals surface area contributed by atoms with Crippen molar-refractivity contribution in [1.82, 2.24) is 30.4 Å². The molecule has 58 heavy (non-hydrogen) atoms. The van der Waals surface area contributed by atoms with Crippen LogP contribution in [-0.4, -0.2) is 87.9 Å². The lowest BCUT2D eigenvalue weighted by molar-refractivity contribution is -0.172. The summed E-state index contributed by atoms with van der Waals surface area (Å²) < 4.78 is 22.2. The minimum absolute atomic E-state index is 0.00505. The number of primary amides is 1. The molecule has 3 atom stereocenters. The molecule has 2 aromatic carbocycles. The van der Waals surface area contributed by atoms with Gasteiger partial charge in [0.05, 0.1) is 48.6 Å². The predicted molar refractivity (Wildman–Crippen MR) is 208 cm³/mol. The largest absolute Gasteiger partial charge is 0.458 e. The number of nitrogens with one attached hydrogen (secondary N) is 3. The van der Waals surface area contributed by atoms with Gasteiger partial charge >= 0.3 is 5.97 Å². The smallest absolute Gasteiger partial charge is 0.343 e. The van der Waals surface area contributed by atoms with Gasteiger partial charge in [-0.05, 0) is 54.5 Å². The highest BCUT2D eigenvalue weighted by Crippen LogP contribution is 2.46. The minimum Gasteiger partial charge on any atom is -0.458 e. The Morgan fingerprint density at radius 3 is 2.59 bits per heavy atom. The Morgan fingerprint density at radius 1 is 1.12 bits per heavy atom. The van der Waals surface area contributed by atoms with E-state index in [1.165, 1.54) is 15.5 Å². The standard InChI is InChI=1S/C41H45FN8O8/c1-3-41(57)26-14-31-37-24(18-50(31)38(54)25(26)20-58-40(41)56)36-28(10-9-23-21(2)27(42)15-29(48-37)35(23)36)45-11-12-49(19-32(44)51)39(55)30(13-22-7-5-4-6-8-22)47-34(53)17-46-33(52)16-43/h4-8,14-15,28,30,45,57H,3,9-13,16-20,43H2,1-2H3,(H2,44,51)(H,46,52)(H,47,53)/t28-,30-,41-/m0/s1. The van der Waals surface area contributed by atoms with Gasteiger partial charge in [-0.3, -0.25) is 24.0 Å².